The van der Waals surface area contributed by atoms with Crippen molar-refractivity contribution in [1.29, 1.82) is 0 Å². The highest BCUT2D eigenvalue weighted by molar-refractivity contribution is 5.82. The van der Waals surface area contributed by atoms with E-state index in [-0.39, 0.29) is 11.9 Å². The van der Waals surface area contributed by atoms with Gasteiger partial charge in [0.1, 0.15) is 0 Å². The summed E-state index contributed by atoms with van der Waals surface area (Å²) in [6.07, 6.45) is 2.72. The molecule has 0 aromatic carbocycles. The van der Waals surface area contributed by atoms with Crippen molar-refractivity contribution < 1.29 is 4.79 Å². The van der Waals surface area contributed by atoms with Gasteiger partial charge < -0.3 is 16.0 Å². The van der Waals surface area contributed by atoms with E-state index in [1.807, 2.05) is 0 Å². The fourth-order valence-electron chi connectivity index (χ4n) is 1.91. The van der Waals surface area contributed by atoms with E-state index < -0.39 is 0 Å². The number of aliphatic imine (C=N–C) groups is 1. The third kappa shape index (κ3) is 2.84. The van der Waals surface area contributed by atoms with Crippen molar-refractivity contribution in [2.75, 3.05) is 13.1 Å². The second-order valence-corrected chi connectivity index (χ2v) is 4.27. The van der Waals surface area contributed by atoms with E-state index in [4.69, 9.17) is 0 Å². The van der Waals surface area contributed by atoms with Crippen molar-refractivity contribution in [2.24, 2.45) is 4.99 Å². The summed E-state index contributed by atoms with van der Waals surface area (Å²) < 4.78 is 0. The molecule has 1 amide bonds. The predicted octanol–water partition coefficient (Wildman–Crippen LogP) is -0.408. The molecule has 0 radical (unpaired) electrons. The quantitative estimate of drug-likeness (QED) is 0.580. The molecule has 5 heteroatoms. The molecule has 0 aromatic rings. The summed E-state index contributed by atoms with van der Waals surface area (Å²) in [6.45, 7) is 3.70. The van der Waals surface area contributed by atoms with Gasteiger partial charge in [-0.05, 0) is 19.8 Å². The molecule has 2 unspecified atom stereocenters. The Morgan fingerprint density at radius 1 is 1.53 bits per heavy atom. The van der Waals surface area contributed by atoms with E-state index in [1.54, 1.807) is 0 Å². The molecule has 5 nitrogen and oxygen atoms in total. The molecular formula is C10H18N4O. The van der Waals surface area contributed by atoms with Crippen molar-refractivity contribution in [3.63, 3.8) is 0 Å². The number of amides is 1. The zero-order chi connectivity index (χ0) is 10.7. The zero-order valence-electron chi connectivity index (χ0n) is 9.05. The molecule has 1 saturated heterocycles. The van der Waals surface area contributed by atoms with Crippen LogP contribution < -0.4 is 16.0 Å². The molecule has 0 aromatic heterocycles. The minimum Gasteiger partial charge on any atom is -0.354 e. The number of hydrogen-bond donors (Lipinski definition) is 3. The standard InChI is InChI=1S/C10H18N4O/c1-7-5-11-10(13-7)12-6-8-3-2-4-9(15)14-8/h7-8H,2-6H2,1H3,(H,14,15)(H2,11,12,13). The molecule has 3 N–H and O–H groups in total. The molecule has 2 aliphatic heterocycles. The van der Waals surface area contributed by atoms with Gasteiger partial charge in [0.2, 0.25) is 5.91 Å². The van der Waals surface area contributed by atoms with E-state index in [0.29, 0.717) is 12.5 Å². The highest BCUT2D eigenvalue weighted by atomic mass is 16.1. The van der Waals surface area contributed by atoms with Gasteiger partial charge in [-0.1, -0.05) is 0 Å². The third-order valence-corrected chi connectivity index (χ3v) is 2.74. The molecular weight excluding hydrogens is 192 g/mol. The zero-order valence-corrected chi connectivity index (χ0v) is 9.05. The lowest BCUT2D eigenvalue weighted by Crippen LogP contribution is -2.48. The average Bonchev–Trinajstić information content (AvgIpc) is 2.62. The average molecular weight is 210 g/mol. The second-order valence-electron chi connectivity index (χ2n) is 4.27. The SMILES string of the molecule is CC1CN=C(NCC2CCCC(=O)N2)N1. The summed E-state index contributed by atoms with van der Waals surface area (Å²) in [6, 6.07) is 0.681. The summed E-state index contributed by atoms with van der Waals surface area (Å²) >= 11 is 0. The molecule has 84 valence electrons. The number of hydrogen-bond acceptors (Lipinski definition) is 4. The van der Waals surface area contributed by atoms with Gasteiger partial charge in [-0.3, -0.25) is 9.79 Å². The molecule has 1 fully saturated rings. The first kappa shape index (κ1) is 10.3. The lowest BCUT2D eigenvalue weighted by Gasteiger charge is -2.23. The Kier molecular flexibility index (Phi) is 3.08. The molecule has 2 heterocycles. The first-order valence-electron chi connectivity index (χ1n) is 5.58. The van der Waals surface area contributed by atoms with Crippen LogP contribution in [0.3, 0.4) is 0 Å². The van der Waals surface area contributed by atoms with Crippen LogP contribution >= 0.6 is 0 Å². The molecule has 2 aliphatic rings. The van der Waals surface area contributed by atoms with Crippen molar-refractivity contribution in [3.05, 3.63) is 0 Å². The maximum absolute atomic E-state index is 11.1. The van der Waals surface area contributed by atoms with Gasteiger partial charge in [0.05, 0.1) is 6.54 Å². The Bertz CT molecular complexity index is 277. The number of rotatable bonds is 2. The number of guanidine groups is 1. The molecule has 2 atom stereocenters. The smallest absolute Gasteiger partial charge is 0.220 e. The molecule has 0 aliphatic carbocycles. The topological polar surface area (TPSA) is 65.5 Å². The highest BCUT2D eigenvalue weighted by Crippen LogP contribution is 2.07. The predicted molar refractivity (Wildman–Crippen MR) is 58.7 cm³/mol. The number of carbonyl (C=O) groups is 1. The number of nitrogens with zero attached hydrogens (tertiary/aromatic N) is 1. The monoisotopic (exact) mass is 210 g/mol. The maximum Gasteiger partial charge on any atom is 0.220 e. The van der Waals surface area contributed by atoms with Gasteiger partial charge in [-0.25, -0.2) is 0 Å². The normalized spacial score (nSPS) is 30.5. The van der Waals surface area contributed by atoms with Crippen LogP contribution in [0, 0.1) is 0 Å². The van der Waals surface area contributed by atoms with Gasteiger partial charge in [-0.15, -0.1) is 0 Å². The van der Waals surface area contributed by atoms with E-state index in [9.17, 15) is 4.79 Å². The van der Waals surface area contributed by atoms with E-state index in [1.165, 1.54) is 0 Å². The van der Waals surface area contributed by atoms with Crippen LogP contribution in [-0.2, 0) is 4.79 Å². The second kappa shape index (κ2) is 4.51. The largest absolute Gasteiger partial charge is 0.354 e. The van der Waals surface area contributed by atoms with E-state index in [0.717, 1.165) is 31.9 Å². The van der Waals surface area contributed by atoms with Crippen molar-refractivity contribution >= 4 is 11.9 Å². The van der Waals surface area contributed by atoms with Crippen molar-refractivity contribution in [3.8, 4) is 0 Å². The molecule has 15 heavy (non-hydrogen) atoms. The lowest BCUT2D eigenvalue weighted by atomic mass is 10.0. The number of carbonyl (C=O) groups excluding carboxylic acids is 1. The Labute approximate surface area is 89.7 Å². The van der Waals surface area contributed by atoms with Crippen LogP contribution in [0.5, 0.6) is 0 Å². The molecule has 2 rings (SSSR count). The lowest BCUT2D eigenvalue weighted by molar-refractivity contribution is -0.123. The maximum atomic E-state index is 11.1. The first-order chi connectivity index (χ1) is 7.24. The Morgan fingerprint density at radius 2 is 2.40 bits per heavy atom. The summed E-state index contributed by atoms with van der Waals surface area (Å²) in [5.74, 6) is 1.03. The summed E-state index contributed by atoms with van der Waals surface area (Å²) in [5.41, 5.74) is 0. The first-order valence-corrected chi connectivity index (χ1v) is 5.58. The number of nitrogens with one attached hydrogen (secondary N) is 3. The Hall–Kier alpha value is -1.26. The molecule has 0 saturated carbocycles. The number of piperidine rings is 1. The summed E-state index contributed by atoms with van der Waals surface area (Å²) in [4.78, 5) is 15.4. The minimum atomic E-state index is 0.169. The third-order valence-electron chi connectivity index (χ3n) is 2.74. The Morgan fingerprint density at radius 3 is 3.07 bits per heavy atom. The van der Waals surface area contributed by atoms with Crippen molar-refractivity contribution in [2.45, 2.75) is 38.3 Å². The van der Waals surface area contributed by atoms with Gasteiger partial charge in [0.25, 0.3) is 0 Å². The van der Waals surface area contributed by atoms with Crippen LogP contribution in [-0.4, -0.2) is 37.0 Å². The summed E-state index contributed by atoms with van der Waals surface area (Å²) in [5, 5.41) is 9.42. The summed E-state index contributed by atoms with van der Waals surface area (Å²) in [7, 11) is 0. The van der Waals surface area contributed by atoms with Gasteiger partial charge in [-0.2, -0.15) is 0 Å². The van der Waals surface area contributed by atoms with Crippen LogP contribution in [0.1, 0.15) is 26.2 Å². The minimum absolute atomic E-state index is 0.169. The highest BCUT2D eigenvalue weighted by Gasteiger charge is 2.19. The fraction of sp³-hybridized carbons (Fsp3) is 0.800. The van der Waals surface area contributed by atoms with E-state index in [2.05, 4.69) is 27.9 Å². The van der Waals surface area contributed by atoms with Gasteiger partial charge >= 0.3 is 0 Å². The fourth-order valence-corrected chi connectivity index (χ4v) is 1.91. The molecule has 0 spiro atoms. The van der Waals surface area contributed by atoms with Crippen LogP contribution in [0.25, 0.3) is 0 Å². The molecule has 0 bridgehead atoms. The van der Waals surface area contributed by atoms with Gasteiger partial charge in [0.15, 0.2) is 5.96 Å². The van der Waals surface area contributed by atoms with E-state index >= 15 is 0 Å². The van der Waals surface area contributed by atoms with Crippen LogP contribution in [0.15, 0.2) is 4.99 Å². The van der Waals surface area contributed by atoms with Crippen LogP contribution in [0.2, 0.25) is 0 Å². The van der Waals surface area contributed by atoms with Crippen LogP contribution in [0.4, 0.5) is 0 Å². The Balaban J connectivity index is 1.71. The van der Waals surface area contributed by atoms with Gasteiger partial charge in [0, 0.05) is 25.0 Å². The van der Waals surface area contributed by atoms with Crippen molar-refractivity contribution in [1.82, 2.24) is 16.0 Å².